The highest BCUT2D eigenvalue weighted by molar-refractivity contribution is 5.92. The van der Waals surface area contributed by atoms with Gasteiger partial charge < -0.3 is 30.1 Å². The summed E-state index contributed by atoms with van der Waals surface area (Å²) in [6.45, 7) is 6.95. The van der Waals surface area contributed by atoms with Crippen LogP contribution < -0.4 is 10.6 Å². The van der Waals surface area contributed by atoms with Crippen LogP contribution >= 0.6 is 0 Å². The van der Waals surface area contributed by atoms with Crippen molar-refractivity contribution in [3.8, 4) is 11.1 Å². The van der Waals surface area contributed by atoms with E-state index in [2.05, 4.69) is 39.9 Å². The predicted octanol–water partition coefficient (Wildman–Crippen LogP) is 7.33. The zero-order valence-electron chi connectivity index (χ0n) is 34.3. The minimum absolute atomic E-state index is 0.0384. The summed E-state index contributed by atoms with van der Waals surface area (Å²) in [5.41, 5.74) is 5.78. The second kappa shape index (κ2) is 19.1. The largest absolute Gasteiger partial charge is 0.481 e. The summed E-state index contributed by atoms with van der Waals surface area (Å²) in [7, 11) is 1.69. The lowest BCUT2D eigenvalue weighted by Gasteiger charge is -2.36. The number of amides is 3. The number of hydrogen-bond donors (Lipinski definition) is 3. The number of aliphatic carboxylic acids is 1. The molecule has 59 heavy (non-hydrogen) atoms. The molecule has 5 atom stereocenters. The van der Waals surface area contributed by atoms with E-state index < -0.39 is 54.1 Å². The number of nitrogens with zero attached hydrogens (tertiary/aromatic N) is 2. The highest BCUT2D eigenvalue weighted by atomic mass is 16.6. The van der Waals surface area contributed by atoms with Crippen molar-refractivity contribution in [2.75, 3.05) is 13.7 Å². The van der Waals surface area contributed by atoms with E-state index in [1.165, 1.54) is 6.92 Å². The maximum Gasteiger partial charge on any atom is 0.407 e. The maximum absolute atomic E-state index is 14.3. The molecular weight excluding hydrogens is 749 g/mol. The van der Waals surface area contributed by atoms with Crippen molar-refractivity contribution >= 4 is 29.8 Å². The minimum atomic E-state index is -0.957. The average molecular weight is 803 g/mol. The summed E-state index contributed by atoms with van der Waals surface area (Å²) in [6, 6.07) is 28.8. The van der Waals surface area contributed by atoms with Crippen LogP contribution in [-0.4, -0.2) is 76.6 Å². The quantitative estimate of drug-likeness (QED) is 0.0875. The Morgan fingerprint density at radius 3 is 2.03 bits per heavy atom. The minimum Gasteiger partial charge on any atom is -0.481 e. The summed E-state index contributed by atoms with van der Waals surface area (Å²) < 4.78 is 11.6. The summed E-state index contributed by atoms with van der Waals surface area (Å²) in [5.74, 6) is -3.24. The van der Waals surface area contributed by atoms with E-state index in [1.54, 1.807) is 37.1 Å². The van der Waals surface area contributed by atoms with Gasteiger partial charge in [0.2, 0.25) is 5.91 Å². The van der Waals surface area contributed by atoms with E-state index >= 15 is 0 Å². The Labute approximate surface area is 345 Å². The highest BCUT2D eigenvalue weighted by Gasteiger charge is 2.42. The first kappa shape index (κ1) is 42.6. The number of alkyl carbamates (subject to hydrolysis) is 1. The van der Waals surface area contributed by atoms with Crippen LogP contribution in [0.1, 0.15) is 98.3 Å². The molecule has 1 fully saturated rings. The predicted molar refractivity (Wildman–Crippen MR) is 222 cm³/mol. The molecule has 2 aliphatic carbocycles. The molecule has 0 aliphatic heterocycles. The number of carboxylic acid groups (broad SMARTS) is 1. The van der Waals surface area contributed by atoms with Crippen molar-refractivity contribution in [2.24, 2.45) is 17.8 Å². The molecule has 0 radical (unpaired) electrons. The Kier molecular flexibility index (Phi) is 13.8. The van der Waals surface area contributed by atoms with Crippen molar-refractivity contribution in [2.45, 2.75) is 89.9 Å². The molecule has 4 aromatic rings. The lowest BCUT2D eigenvalue weighted by atomic mass is 9.94. The third-order valence-corrected chi connectivity index (χ3v) is 11.4. The third-order valence-electron chi connectivity index (χ3n) is 11.4. The molecule has 1 saturated carbocycles. The van der Waals surface area contributed by atoms with Crippen LogP contribution in [0, 0.1) is 17.8 Å². The molecule has 6 rings (SSSR count). The van der Waals surface area contributed by atoms with E-state index in [-0.39, 0.29) is 48.8 Å². The van der Waals surface area contributed by atoms with Gasteiger partial charge in [-0.1, -0.05) is 106 Å². The van der Waals surface area contributed by atoms with Crippen molar-refractivity contribution in [3.05, 3.63) is 125 Å². The molecule has 0 bridgehead atoms. The summed E-state index contributed by atoms with van der Waals surface area (Å²) in [4.78, 5) is 71.8. The van der Waals surface area contributed by atoms with Gasteiger partial charge >= 0.3 is 18.0 Å². The molecule has 0 spiro atoms. The first-order valence-electron chi connectivity index (χ1n) is 20.4. The van der Waals surface area contributed by atoms with Gasteiger partial charge in [0.25, 0.3) is 5.91 Å². The van der Waals surface area contributed by atoms with E-state index in [4.69, 9.17) is 9.47 Å². The van der Waals surface area contributed by atoms with Crippen LogP contribution in [0.3, 0.4) is 0 Å². The fourth-order valence-electron chi connectivity index (χ4n) is 8.12. The van der Waals surface area contributed by atoms with E-state index in [0.29, 0.717) is 12.1 Å². The zero-order chi connectivity index (χ0) is 42.2. The van der Waals surface area contributed by atoms with Gasteiger partial charge in [-0.15, -0.1) is 0 Å². The van der Waals surface area contributed by atoms with E-state index in [9.17, 15) is 29.1 Å². The molecule has 12 heteroatoms. The van der Waals surface area contributed by atoms with Crippen molar-refractivity contribution in [3.63, 3.8) is 0 Å². The van der Waals surface area contributed by atoms with Gasteiger partial charge in [-0.2, -0.15) is 0 Å². The second-order valence-electron chi connectivity index (χ2n) is 16.2. The second-order valence-corrected chi connectivity index (χ2v) is 16.2. The number of carboxylic acids is 1. The van der Waals surface area contributed by atoms with Gasteiger partial charge in [-0.25, -0.2) is 9.78 Å². The zero-order valence-corrected chi connectivity index (χ0v) is 34.3. The Morgan fingerprint density at radius 1 is 0.814 bits per heavy atom. The molecule has 3 amide bonds. The summed E-state index contributed by atoms with van der Waals surface area (Å²) >= 11 is 0. The fraction of sp³-hybridized carbons (Fsp3) is 0.404. The van der Waals surface area contributed by atoms with Crippen molar-refractivity contribution in [1.82, 2.24) is 20.5 Å². The van der Waals surface area contributed by atoms with Gasteiger partial charge in [0, 0.05) is 38.4 Å². The van der Waals surface area contributed by atoms with Crippen LogP contribution in [0.15, 0.2) is 97.1 Å². The van der Waals surface area contributed by atoms with Gasteiger partial charge in [-0.05, 0) is 77.5 Å². The topological polar surface area (TPSA) is 164 Å². The lowest BCUT2D eigenvalue weighted by molar-refractivity contribution is -0.149. The SMILES string of the molecule is CC(=O)OC(CC(C(C)C)N(C)C(=O)C(NC(=O)OCC1c2ccccc2-c2ccccc21)C1CC1)c1cccc(C(=O)NC(Cc2ccccc2)CC(C)C(=O)O)n1. The summed E-state index contributed by atoms with van der Waals surface area (Å²) in [6.07, 6.45) is 0.811. The monoisotopic (exact) mass is 802 g/mol. The maximum atomic E-state index is 14.3. The standard InChI is InChI=1S/C47H54N4O8/c1-28(2)41(51(5)45(54)43(32-22-23-32)50-47(57)58-27-38-36-18-11-9-16-34(36)35-17-10-12-19-37(35)38)26-42(59-30(4)52)39-20-13-21-40(49-39)44(53)48-33(24-29(3)46(55)56)25-31-14-7-6-8-15-31/h6-21,28-29,32-33,38,41-43H,22-27H2,1-5H3,(H,48,53)(H,50,57)(H,55,56). The molecule has 12 nitrogen and oxygen atoms in total. The number of carbonyl (C=O) groups is 5. The molecule has 0 saturated heterocycles. The van der Waals surface area contributed by atoms with E-state index in [1.807, 2.05) is 68.4 Å². The molecule has 3 N–H and O–H groups in total. The number of nitrogens with one attached hydrogen (secondary N) is 2. The number of ether oxygens (including phenoxy) is 2. The van der Waals surface area contributed by atoms with Crippen LogP contribution in [0.4, 0.5) is 4.79 Å². The van der Waals surface area contributed by atoms with E-state index in [0.717, 1.165) is 40.7 Å². The van der Waals surface area contributed by atoms with Crippen LogP contribution in [0.2, 0.25) is 0 Å². The normalized spacial score (nSPS) is 15.8. The number of hydrogen-bond acceptors (Lipinski definition) is 8. The number of esters is 1. The van der Waals surface area contributed by atoms with Crippen LogP contribution in [0.5, 0.6) is 0 Å². The first-order chi connectivity index (χ1) is 28.3. The van der Waals surface area contributed by atoms with Gasteiger partial charge in [0.1, 0.15) is 24.4 Å². The lowest BCUT2D eigenvalue weighted by Crippen LogP contribution is -2.53. The van der Waals surface area contributed by atoms with Crippen molar-refractivity contribution in [1.29, 1.82) is 0 Å². The van der Waals surface area contributed by atoms with Crippen molar-refractivity contribution < 1.29 is 38.6 Å². The number of pyridine rings is 1. The van der Waals surface area contributed by atoms with Gasteiger partial charge in [-0.3, -0.25) is 19.2 Å². The number of likely N-dealkylation sites (N-methyl/N-ethyl adjacent to an activating group) is 1. The number of carbonyl (C=O) groups excluding carboxylic acids is 4. The molecule has 1 aromatic heterocycles. The fourth-order valence-corrected chi connectivity index (χ4v) is 8.12. The Hall–Kier alpha value is -6.04. The number of aromatic nitrogens is 1. The Morgan fingerprint density at radius 2 is 1.44 bits per heavy atom. The van der Waals surface area contributed by atoms with Crippen LogP contribution in [0.25, 0.3) is 11.1 Å². The average Bonchev–Trinajstić information content (AvgIpc) is 4.02. The number of benzene rings is 3. The Bertz CT molecular complexity index is 2090. The molecular formula is C47H54N4O8. The number of fused-ring (bicyclic) bond motifs is 3. The molecule has 1 heterocycles. The molecule has 5 unspecified atom stereocenters. The van der Waals surface area contributed by atoms with Gasteiger partial charge in [0.05, 0.1) is 11.6 Å². The third kappa shape index (κ3) is 10.7. The highest BCUT2D eigenvalue weighted by Crippen LogP contribution is 2.44. The molecule has 310 valence electrons. The number of rotatable bonds is 18. The van der Waals surface area contributed by atoms with Gasteiger partial charge in [0.15, 0.2) is 0 Å². The summed E-state index contributed by atoms with van der Waals surface area (Å²) in [5, 5.41) is 15.5. The van der Waals surface area contributed by atoms with Crippen LogP contribution in [-0.2, 0) is 30.3 Å². The molecule has 3 aromatic carbocycles. The smallest absolute Gasteiger partial charge is 0.407 e. The first-order valence-corrected chi connectivity index (χ1v) is 20.4. The Balaban J connectivity index is 1.14. The molecule has 2 aliphatic rings.